The Morgan fingerprint density at radius 3 is 2.65 bits per heavy atom. The van der Waals surface area contributed by atoms with Crippen molar-refractivity contribution in [3.05, 3.63) is 35.4 Å². The van der Waals surface area contributed by atoms with E-state index >= 15 is 0 Å². The summed E-state index contributed by atoms with van der Waals surface area (Å²) in [7, 11) is 0. The van der Waals surface area contributed by atoms with E-state index in [1.807, 2.05) is 38.1 Å². The van der Waals surface area contributed by atoms with E-state index in [2.05, 4.69) is 5.32 Å². The summed E-state index contributed by atoms with van der Waals surface area (Å²) >= 11 is 0. The van der Waals surface area contributed by atoms with Crippen molar-refractivity contribution in [1.82, 2.24) is 10.2 Å². The summed E-state index contributed by atoms with van der Waals surface area (Å²) in [6.45, 7) is 3.38. The lowest BCUT2D eigenvalue weighted by Gasteiger charge is -2.25. The lowest BCUT2D eigenvalue weighted by Crippen LogP contribution is -2.35. The molecule has 1 aromatic carbocycles. The van der Waals surface area contributed by atoms with Crippen LogP contribution in [0.4, 0.5) is 8.78 Å². The van der Waals surface area contributed by atoms with Gasteiger partial charge in [0.2, 0.25) is 5.91 Å². The van der Waals surface area contributed by atoms with Crippen LogP contribution in [-0.2, 0) is 4.79 Å². The highest BCUT2D eigenvalue weighted by Crippen LogP contribution is 2.29. The van der Waals surface area contributed by atoms with E-state index in [4.69, 9.17) is 0 Å². The van der Waals surface area contributed by atoms with E-state index in [1.54, 1.807) is 0 Å². The molecule has 1 N–H and O–H groups in total. The molecule has 1 aliphatic rings. The van der Waals surface area contributed by atoms with Gasteiger partial charge in [0.25, 0.3) is 6.43 Å². The molecule has 2 unspecified atom stereocenters. The third-order valence-corrected chi connectivity index (χ3v) is 3.65. The molecule has 0 spiro atoms. The van der Waals surface area contributed by atoms with Crippen LogP contribution in [0, 0.1) is 6.92 Å². The van der Waals surface area contributed by atoms with Crippen LogP contribution >= 0.6 is 0 Å². The number of benzene rings is 1. The van der Waals surface area contributed by atoms with Crippen LogP contribution < -0.4 is 5.32 Å². The highest BCUT2D eigenvalue weighted by atomic mass is 19.3. The third-order valence-electron chi connectivity index (χ3n) is 3.65. The number of nitrogens with one attached hydrogen (secondary N) is 1. The molecular formula is C15H20F2N2O. The highest BCUT2D eigenvalue weighted by Gasteiger charge is 2.40. The van der Waals surface area contributed by atoms with E-state index in [0.29, 0.717) is 6.42 Å². The largest absolute Gasteiger partial charge is 0.316 e. The average Bonchev–Trinajstić information content (AvgIpc) is 2.68. The van der Waals surface area contributed by atoms with Crippen LogP contribution in [0.2, 0.25) is 0 Å². The van der Waals surface area contributed by atoms with Gasteiger partial charge in [0.15, 0.2) is 0 Å². The number of amides is 1. The second-order valence-electron chi connectivity index (χ2n) is 5.15. The Labute approximate surface area is 118 Å². The Morgan fingerprint density at radius 1 is 1.35 bits per heavy atom. The number of carbonyl (C=O) groups is 1. The monoisotopic (exact) mass is 282 g/mol. The first-order chi connectivity index (χ1) is 9.54. The van der Waals surface area contributed by atoms with Crippen LogP contribution in [0.25, 0.3) is 0 Å². The van der Waals surface area contributed by atoms with Crippen molar-refractivity contribution in [1.29, 1.82) is 0 Å². The number of aryl methyl sites for hydroxylation is 1. The SMILES string of the molecule is CCCC1NC(c2ccccc2C)N(CC(F)F)C1=O. The van der Waals surface area contributed by atoms with E-state index in [1.165, 1.54) is 4.90 Å². The second-order valence-corrected chi connectivity index (χ2v) is 5.15. The quantitative estimate of drug-likeness (QED) is 0.900. The standard InChI is InChI=1S/C15H20F2N2O/c1-3-6-12-15(20)19(9-13(16)17)14(18-12)11-8-5-4-7-10(11)2/h4-5,7-8,12-14,18H,3,6,9H2,1-2H3. The molecule has 0 saturated carbocycles. The zero-order valence-electron chi connectivity index (χ0n) is 11.8. The van der Waals surface area contributed by atoms with Gasteiger partial charge in [-0.1, -0.05) is 37.6 Å². The molecular weight excluding hydrogens is 262 g/mol. The van der Waals surface area contributed by atoms with Crippen LogP contribution in [0.3, 0.4) is 0 Å². The van der Waals surface area contributed by atoms with E-state index < -0.39 is 19.1 Å². The predicted molar refractivity (Wildman–Crippen MR) is 73.5 cm³/mol. The zero-order valence-corrected chi connectivity index (χ0v) is 11.8. The Balaban J connectivity index is 2.29. The van der Waals surface area contributed by atoms with Crippen molar-refractivity contribution in [2.45, 2.75) is 45.3 Å². The molecule has 1 aromatic rings. The number of rotatable bonds is 5. The number of hydrogen-bond donors (Lipinski definition) is 1. The Kier molecular flexibility index (Phi) is 4.70. The van der Waals surface area contributed by atoms with Gasteiger partial charge in [0, 0.05) is 0 Å². The van der Waals surface area contributed by atoms with E-state index in [0.717, 1.165) is 17.5 Å². The minimum absolute atomic E-state index is 0.222. The fourth-order valence-corrected chi connectivity index (χ4v) is 2.67. The molecule has 2 rings (SSSR count). The number of alkyl halides is 2. The minimum atomic E-state index is -2.52. The van der Waals surface area contributed by atoms with E-state index in [-0.39, 0.29) is 11.9 Å². The van der Waals surface area contributed by atoms with Crippen molar-refractivity contribution >= 4 is 5.91 Å². The summed E-state index contributed by atoms with van der Waals surface area (Å²) in [6, 6.07) is 7.21. The first-order valence-corrected chi connectivity index (χ1v) is 6.94. The fourth-order valence-electron chi connectivity index (χ4n) is 2.67. The first-order valence-electron chi connectivity index (χ1n) is 6.94. The number of nitrogens with zero attached hydrogens (tertiary/aromatic N) is 1. The van der Waals surface area contributed by atoms with Gasteiger partial charge in [0.1, 0.15) is 6.17 Å². The molecule has 1 saturated heterocycles. The zero-order chi connectivity index (χ0) is 14.7. The Bertz CT molecular complexity index is 479. The fraction of sp³-hybridized carbons (Fsp3) is 0.533. The molecule has 2 atom stereocenters. The van der Waals surface area contributed by atoms with Gasteiger partial charge in [-0.05, 0) is 24.5 Å². The number of hydrogen-bond acceptors (Lipinski definition) is 2. The molecule has 3 nitrogen and oxygen atoms in total. The Morgan fingerprint density at radius 2 is 2.05 bits per heavy atom. The van der Waals surface area contributed by atoms with Gasteiger partial charge >= 0.3 is 0 Å². The van der Waals surface area contributed by atoms with Crippen LogP contribution in [-0.4, -0.2) is 29.8 Å². The number of carbonyl (C=O) groups excluding carboxylic acids is 1. The van der Waals surface area contributed by atoms with Crippen LogP contribution in [0.15, 0.2) is 24.3 Å². The first kappa shape index (κ1) is 14.9. The number of halogens is 2. The van der Waals surface area contributed by atoms with Crippen LogP contribution in [0.1, 0.15) is 37.1 Å². The summed E-state index contributed by atoms with van der Waals surface area (Å²) in [5.41, 5.74) is 1.88. The maximum atomic E-state index is 12.7. The normalized spacial score (nSPS) is 22.9. The minimum Gasteiger partial charge on any atom is -0.316 e. The smallest absolute Gasteiger partial charge is 0.255 e. The molecule has 0 bridgehead atoms. The van der Waals surface area contributed by atoms with Gasteiger partial charge in [-0.15, -0.1) is 0 Å². The summed E-state index contributed by atoms with van der Waals surface area (Å²) in [5, 5.41) is 3.20. The maximum Gasteiger partial charge on any atom is 0.255 e. The molecule has 1 fully saturated rings. The summed E-state index contributed by atoms with van der Waals surface area (Å²) in [4.78, 5) is 13.5. The van der Waals surface area contributed by atoms with Gasteiger partial charge in [-0.2, -0.15) is 0 Å². The molecule has 0 aromatic heterocycles. The topological polar surface area (TPSA) is 32.3 Å². The highest BCUT2D eigenvalue weighted by molar-refractivity contribution is 5.84. The lowest BCUT2D eigenvalue weighted by atomic mass is 10.1. The molecule has 110 valence electrons. The van der Waals surface area contributed by atoms with Gasteiger partial charge in [0.05, 0.1) is 12.6 Å². The summed E-state index contributed by atoms with van der Waals surface area (Å²) in [6.07, 6.45) is -1.46. The van der Waals surface area contributed by atoms with Crippen molar-refractivity contribution < 1.29 is 13.6 Å². The van der Waals surface area contributed by atoms with Crippen molar-refractivity contribution in [2.75, 3.05) is 6.54 Å². The molecule has 1 heterocycles. The maximum absolute atomic E-state index is 12.7. The predicted octanol–water partition coefficient (Wildman–Crippen LogP) is 2.86. The molecule has 0 aliphatic carbocycles. The Hall–Kier alpha value is -1.49. The summed E-state index contributed by atoms with van der Waals surface area (Å²) in [5.74, 6) is -0.222. The van der Waals surface area contributed by atoms with Crippen LogP contribution in [0.5, 0.6) is 0 Å². The average molecular weight is 282 g/mol. The molecule has 5 heteroatoms. The summed E-state index contributed by atoms with van der Waals surface area (Å²) < 4.78 is 25.5. The lowest BCUT2D eigenvalue weighted by molar-refractivity contribution is -0.132. The van der Waals surface area contributed by atoms with Crippen molar-refractivity contribution in [2.24, 2.45) is 0 Å². The van der Waals surface area contributed by atoms with Gasteiger partial charge in [-0.3, -0.25) is 10.1 Å². The van der Waals surface area contributed by atoms with E-state index in [9.17, 15) is 13.6 Å². The van der Waals surface area contributed by atoms with Gasteiger partial charge in [-0.25, -0.2) is 8.78 Å². The molecule has 1 amide bonds. The third kappa shape index (κ3) is 2.98. The molecule has 1 aliphatic heterocycles. The van der Waals surface area contributed by atoms with Crippen molar-refractivity contribution in [3.8, 4) is 0 Å². The van der Waals surface area contributed by atoms with Crippen molar-refractivity contribution in [3.63, 3.8) is 0 Å². The van der Waals surface area contributed by atoms with Gasteiger partial charge < -0.3 is 4.90 Å². The molecule has 20 heavy (non-hydrogen) atoms. The second kappa shape index (κ2) is 6.31. The molecule has 0 radical (unpaired) electrons.